The molecular weight excluding hydrogens is 339 g/mol. The summed E-state index contributed by atoms with van der Waals surface area (Å²) in [5.74, 6) is 1.16. The third kappa shape index (κ3) is 3.81. The van der Waals surface area contributed by atoms with Crippen molar-refractivity contribution in [3.63, 3.8) is 0 Å². The van der Waals surface area contributed by atoms with Crippen LogP contribution in [0.4, 0.5) is 18.9 Å². The summed E-state index contributed by atoms with van der Waals surface area (Å²) < 4.78 is 38.3. The monoisotopic (exact) mass is 353 g/mol. The van der Waals surface area contributed by atoms with Crippen molar-refractivity contribution in [2.45, 2.75) is 30.7 Å². The van der Waals surface area contributed by atoms with Gasteiger partial charge in [-0.05, 0) is 59.6 Å². The van der Waals surface area contributed by atoms with Crippen molar-refractivity contribution < 1.29 is 13.2 Å². The van der Waals surface area contributed by atoms with Gasteiger partial charge in [-0.1, -0.05) is 0 Å². The fraction of sp³-hybridized carbons (Fsp3) is 0.538. The minimum absolute atomic E-state index is 0.183. The molecule has 0 bridgehead atoms. The van der Waals surface area contributed by atoms with Crippen molar-refractivity contribution >= 4 is 33.4 Å². The first-order chi connectivity index (χ1) is 8.80. The van der Waals surface area contributed by atoms with Crippen LogP contribution in [-0.2, 0) is 6.18 Å². The summed E-state index contributed by atoms with van der Waals surface area (Å²) in [5, 5.41) is 3.24. The third-order valence-electron chi connectivity index (χ3n) is 3.25. The summed E-state index contributed by atoms with van der Waals surface area (Å²) in [4.78, 5) is 0. The lowest BCUT2D eigenvalue weighted by Gasteiger charge is -2.24. The molecule has 1 aliphatic rings. The number of thioether (sulfide) groups is 1. The zero-order valence-electron chi connectivity index (χ0n) is 10.5. The number of benzene rings is 1. The van der Waals surface area contributed by atoms with E-state index in [1.807, 2.05) is 11.8 Å². The molecular formula is C13H15BrF3NS. The van der Waals surface area contributed by atoms with Gasteiger partial charge in [0.1, 0.15) is 0 Å². The molecule has 0 amide bonds. The van der Waals surface area contributed by atoms with Gasteiger partial charge < -0.3 is 5.32 Å². The highest BCUT2D eigenvalue weighted by Gasteiger charge is 2.31. The number of nitrogens with one attached hydrogen (secondary N) is 1. The summed E-state index contributed by atoms with van der Waals surface area (Å²) >= 11 is 5.12. The number of hydrogen-bond acceptors (Lipinski definition) is 2. The summed E-state index contributed by atoms with van der Waals surface area (Å²) in [5.41, 5.74) is 0.0769. The van der Waals surface area contributed by atoms with Gasteiger partial charge in [-0.15, -0.1) is 0 Å². The average molecular weight is 354 g/mol. The lowest BCUT2D eigenvalue weighted by Crippen LogP contribution is -2.27. The fourth-order valence-corrected chi connectivity index (χ4v) is 3.86. The van der Waals surface area contributed by atoms with Crippen LogP contribution in [0, 0.1) is 0 Å². The second kappa shape index (κ2) is 5.56. The van der Waals surface area contributed by atoms with Gasteiger partial charge in [0.25, 0.3) is 0 Å². The van der Waals surface area contributed by atoms with Crippen molar-refractivity contribution in [3.8, 4) is 0 Å². The molecule has 1 N–H and O–H groups in total. The van der Waals surface area contributed by atoms with Gasteiger partial charge in [-0.2, -0.15) is 24.9 Å². The van der Waals surface area contributed by atoms with Crippen molar-refractivity contribution in [1.82, 2.24) is 0 Å². The second-order valence-corrected chi connectivity index (χ2v) is 7.48. The van der Waals surface area contributed by atoms with Gasteiger partial charge in [0.15, 0.2) is 0 Å². The Bertz CT molecular complexity index is 456. The van der Waals surface area contributed by atoms with Gasteiger partial charge in [0.05, 0.1) is 5.56 Å². The zero-order chi connectivity index (χ0) is 14.1. The van der Waals surface area contributed by atoms with Crippen LogP contribution in [0.3, 0.4) is 0 Å². The molecule has 106 valence electrons. The van der Waals surface area contributed by atoms with Crippen molar-refractivity contribution in [1.29, 1.82) is 0 Å². The molecule has 1 fully saturated rings. The maximum absolute atomic E-state index is 12.5. The highest BCUT2D eigenvalue weighted by molar-refractivity contribution is 9.10. The molecule has 19 heavy (non-hydrogen) atoms. The quantitative estimate of drug-likeness (QED) is 0.804. The van der Waals surface area contributed by atoms with Crippen LogP contribution in [0.2, 0.25) is 0 Å². The van der Waals surface area contributed by atoms with Crippen molar-refractivity contribution in [2.75, 3.05) is 17.6 Å². The Kier molecular flexibility index (Phi) is 4.40. The topological polar surface area (TPSA) is 12.0 Å². The zero-order valence-corrected chi connectivity index (χ0v) is 12.9. The summed E-state index contributed by atoms with van der Waals surface area (Å²) in [6, 6.07) is 3.71. The van der Waals surface area contributed by atoms with Gasteiger partial charge in [-0.3, -0.25) is 0 Å². The maximum atomic E-state index is 12.5. The SMILES string of the molecule is CC1(CNc2ccc(C(F)(F)F)cc2Br)CCCS1. The third-order valence-corrected chi connectivity index (χ3v) is 5.44. The molecule has 1 saturated heterocycles. The molecule has 0 aromatic heterocycles. The van der Waals surface area contributed by atoms with E-state index in [0.29, 0.717) is 10.2 Å². The highest BCUT2D eigenvalue weighted by Crippen LogP contribution is 2.39. The Morgan fingerprint density at radius 1 is 1.42 bits per heavy atom. The number of alkyl halides is 3. The van der Waals surface area contributed by atoms with E-state index in [9.17, 15) is 13.2 Å². The van der Waals surface area contributed by atoms with Crippen LogP contribution in [0.5, 0.6) is 0 Å². The lowest BCUT2D eigenvalue weighted by molar-refractivity contribution is -0.137. The predicted molar refractivity (Wildman–Crippen MR) is 77.7 cm³/mol. The van der Waals surface area contributed by atoms with E-state index >= 15 is 0 Å². The van der Waals surface area contributed by atoms with Gasteiger partial charge >= 0.3 is 6.18 Å². The minimum Gasteiger partial charge on any atom is -0.383 e. The molecule has 0 spiro atoms. The largest absolute Gasteiger partial charge is 0.416 e. The Hall–Kier alpha value is -0.360. The Balaban J connectivity index is 2.05. The fourth-order valence-electron chi connectivity index (χ4n) is 2.09. The van der Waals surface area contributed by atoms with Crippen LogP contribution in [0.25, 0.3) is 0 Å². The highest BCUT2D eigenvalue weighted by atomic mass is 79.9. The molecule has 6 heteroatoms. The van der Waals surface area contributed by atoms with Crippen LogP contribution in [0.15, 0.2) is 22.7 Å². The van der Waals surface area contributed by atoms with Crippen LogP contribution in [-0.4, -0.2) is 17.0 Å². The number of rotatable bonds is 3. The molecule has 1 heterocycles. The Morgan fingerprint density at radius 2 is 2.16 bits per heavy atom. The molecule has 1 nitrogen and oxygen atoms in total. The molecule has 1 unspecified atom stereocenters. The summed E-state index contributed by atoms with van der Waals surface area (Å²) in [7, 11) is 0. The van der Waals surface area contributed by atoms with E-state index in [1.165, 1.54) is 12.5 Å². The molecule has 1 aromatic carbocycles. The van der Waals surface area contributed by atoms with E-state index in [1.54, 1.807) is 0 Å². The lowest BCUT2D eigenvalue weighted by atomic mass is 10.1. The van der Waals surface area contributed by atoms with Gasteiger partial charge in [-0.25, -0.2) is 0 Å². The molecule has 1 aromatic rings. The van der Waals surface area contributed by atoms with Crippen molar-refractivity contribution in [3.05, 3.63) is 28.2 Å². The second-order valence-electron chi connectivity index (χ2n) is 4.95. The minimum atomic E-state index is -4.30. The molecule has 1 atom stereocenters. The standard InChI is InChI=1S/C13H15BrF3NS/c1-12(5-2-6-19-12)8-18-11-4-3-9(7-10(11)14)13(15,16)17/h3-4,7,18H,2,5-6,8H2,1H3. The van der Waals surface area contributed by atoms with Gasteiger partial charge in [0.2, 0.25) is 0 Å². The van der Waals surface area contributed by atoms with E-state index in [4.69, 9.17) is 0 Å². The Labute approximate surface area is 123 Å². The van der Waals surface area contributed by atoms with Crippen LogP contribution in [0.1, 0.15) is 25.3 Å². The number of hydrogen-bond donors (Lipinski definition) is 1. The maximum Gasteiger partial charge on any atom is 0.416 e. The predicted octanol–water partition coefficient (Wildman–Crippen LogP) is 5.17. The van der Waals surface area contributed by atoms with E-state index in [-0.39, 0.29) is 4.75 Å². The van der Waals surface area contributed by atoms with E-state index < -0.39 is 11.7 Å². The molecule has 1 aliphatic heterocycles. The van der Waals surface area contributed by atoms with Crippen LogP contribution >= 0.6 is 27.7 Å². The van der Waals surface area contributed by atoms with E-state index in [2.05, 4.69) is 28.2 Å². The summed E-state index contributed by atoms with van der Waals surface area (Å²) in [6.07, 6.45) is -1.95. The average Bonchev–Trinajstić information content (AvgIpc) is 2.74. The van der Waals surface area contributed by atoms with Crippen molar-refractivity contribution in [2.24, 2.45) is 0 Å². The normalized spacial score (nSPS) is 23.6. The molecule has 0 saturated carbocycles. The first-order valence-corrected chi connectivity index (χ1v) is 7.83. The first-order valence-electron chi connectivity index (χ1n) is 6.05. The first kappa shape index (κ1) is 15.0. The van der Waals surface area contributed by atoms with E-state index in [0.717, 1.165) is 30.9 Å². The molecule has 0 radical (unpaired) electrons. The molecule has 0 aliphatic carbocycles. The smallest absolute Gasteiger partial charge is 0.383 e. The van der Waals surface area contributed by atoms with Gasteiger partial charge in [0, 0.05) is 21.5 Å². The number of halogens is 4. The number of anilines is 1. The Morgan fingerprint density at radius 3 is 2.68 bits per heavy atom. The van der Waals surface area contributed by atoms with Crippen LogP contribution < -0.4 is 5.32 Å². The summed E-state index contributed by atoms with van der Waals surface area (Å²) in [6.45, 7) is 2.96. The molecule has 2 rings (SSSR count).